The molecule has 0 aliphatic rings. The molecule has 5 heteroatoms. The Labute approximate surface area is 98.6 Å². The van der Waals surface area contributed by atoms with Crippen molar-refractivity contribution < 1.29 is 14.6 Å². The maximum atomic E-state index is 11.1. The molecule has 2 aromatic heterocycles. The van der Waals surface area contributed by atoms with Crippen LogP contribution in [0.25, 0.3) is 11.0 Å². The number of fused-ring (bicyclic) bond motifs is 1. The van der Waals surface area contributed by atoms with E-state index in [1.165, 1.54) is 7.11 Å². The topological polar surface area (TPSA) is 64.3 Å². The van der Waals surface area contributed by atoms with Gasteiger partial charge in [0.05, 0.1) is 19.6 Å². The van der Waals surface area contributed by atoms with Gasteiger partial charge in [0.2, 0.25) is 0 Å². The van der Waals surface area contributed by atoms with E-state index in [2.05, 4.69) is 9.72 Å². The van der Waals surface area contributed by atoms with Gasteiger partial charge in [-0.05, 0) is 12.1 Å². The zero-order chi connectivity index (χ0) is 12.4. The zero-order valence-electron chi connectivity index (χ0n) is 9.75. The molecule has 0 saturated heterocycles. The first-order chi connectivity index (χ1) is 8.13. The average molecular weight is 234 g/mol. The molecule has 0 aliphatic heterocycles. The highest BCUT2D eigenvalue weighted by molar-refractivity contribution is 5.81. The Kier molecular flexibility index (Phi) is 3.10. The quantitative estimate of drug-likeness (QED) is 0.810. The predicted molar refractivity (Wildman–Crippen MR) is 62.3 cm³/mol. The van der Waals surface area contributed by atoms with Gasteiger partial charge in [-0.25, -0.2) is 4.98 Å². The van der Waals surface area contributed by atoms with Gasteiger partial charge in [-0.1, -0.05) is 0 Å². The number of hydrogen-bond acceptors (Lipinski definition) is 4. The minimum absolute atomic E-state index is 0.0511. The van der Waals surface area contributed by atoms with Crippen LogP contribution >= 0.6 is 0 Å². The van der Waals surface area contributed by atoms with E-state index in [1.54, 1.807) is 18.5 Å². The lowest BCUT2D eigenvalue weighted by Gasteiger charge is -2.07. The summed E-state index contributed by atoms with van der Waals surface area (Å²) < 4.78 is 6.36. The molecule has 2 aromatic rings. The van der Waals surface area contributed by atoms with Crippen LogP contribution in [0.15, 0.2) is 24.5 Å². The van der Waals surface area contributed by atoms with Crippen molar-refractivity contribution in [3.8, 4) is 0 Å². The summed E-state index contributed by atoms with van der Waals surface area (Å²) in [5, 5.41) is 10.8. The molecule has 5 nitrogen and oxygen atoms in total. The van der Waals surface area contributed by atoms with Crippen LogP contribution in [-0.4, -0.2) is 27.7 Å². The van der Waals surface area contributed by atoms with E-state index in [0.717, 1.165) is 11.0 Å². The number of rotatable bonds is 3. The molecule has 0 spiro atoms. The monoisotopic (exact) mass is 234 g/mol. The lowest BCUT2D eigenvalue weighted by Crippen LogP contribution is -2.07. The first kappa shape index (κ1) is 11.6. The molecular formula is C12H14N2O3. The van der Waals surface area contributed by atoms with E-state index in [0.29, 0.717) is 5.56 Å². The second-order valence-electron chi connectivity index (χ2n) is 3.87. The number of pyridine rings is 1. The van der Waals surface area contributed by atoms with Crippen molar-refractivity contribution >= 4 is 17.0 Å². The van der Waals surface area contributed by atoms with Crippen LogP contribution in [0, 0.1) is 0 Å². The van der Waals surface area contributed by atoms with Crippen LogP contribution in [-0.2, 0) is 16.6 Å². The Balaban J connectivity index is 2.38. The molecule has 0 saturated carbocycles. The number of aryl methyl sites for hydroxylation is 1. The summed E-state index contributed by atoms with van der Waals surface area (Å²) in [4.78, 5) is 15.4. The van der Waals surface area contributed by atoms with Gasteiger partial charge in [0.1, 0.15) is 5.65 Å². The molecule has 0 bridgehead atoms. The first-order valence-corrected chi connectivity index (χ1v) is 5.28. The highest BCUT2D eigenvalue weighted by Crippen LogP contribution is 2.26. The van der Waals surface area contributed by atoms with Gasteiger partial charge < -0.3 is 14.4 Å². The fraction of sp³-hybridized carbons (Fsp3) is 0.333. The Hall–Kier alpha value is -1.88. The number of aliphatic hydroxyl groups excluding tert-OH is 1. The highest BCUT2D eigenvalue weighted by atomic mass is 16.5. The molecule has 0 fully saturated rings. The molecule has 17 heavy (non-hydrogen) atoms. The van der Waals surface area contributed by atoms with E-state index in [-0.39, 0.29) is 6.42 Å². The molecule has 1 atom stereocenters. The normalized spacial score (nSPS) is 12.6. The molecular weight excluding hydrogens is 220 g/mol. The van der Waals surface area contributed by atoms with Crippen LogP contribution in [0.5, 0.6) is 0 Å². The second kappa shape index (κ2) is 4.55. The number of nitrogens with zero attached hydrogens (tertiary/aromatic N) is 2. The van der Waals surface area contributed by atoms with Crippen molar-refractivity contribution in [3.05, 3.63) is 30.1 Å². The molecule has 1 N–H and O–H groups in total. The fourth-order valence-electron chi connectivity index (χ4n) is 1.86. The molecule has 0 aliphatic carbocycles. The standard InChI is InChI=1S/C12H14N2O3/c1-14-7-9(10(15)6-11(16)17-2)8-4-3-5-13-12(8)14/h3-5,7,10,15H,6H2,1-2H3/t10-/m0/s1. The predicted octanol–water partition coefficient (Wildman–Crippen LogP) is 1.17. The number of ether oxygens (including phenoxy) is 1. The van der Waals surface area contributed by atoms with E-state index < -0.39 is 12.1 Å². The molecule has 0 aromatic carbocycles. The van der Waals surface area contributed by atoms with Gasteiger partial charge in [0.25, 0.3) is 0 Å². The Morgan fingerprint density at radius 2 is 2.41 bits per heavy atom. The zero-order valence-corrected chi connectivity index (χ0v) is 9.75. The summed E-state index contributed by atoms with van der Waals surface area (Å²) in [6.07, 6.45) is 2.56. The van der Waals surface area contributed by atoms with Gasteiger partial charge in [-0.15, -0.1) is 0 Å². The molecule has 0 amide bonds. The number of carbonyl (C=O) groups excluding carboxylic acids is 1. The van der Waals surface area contributed by atoms with Gasteiger partial charge in [-0.2, -0.15) is 0 Å². The first-order valence-electron chi connectivity index (χ1n) is 5.28. The maximum Gasteiger partial charge on any atom is 0.308 e. The summed E-state index contributed by atoms with van der Waals surface area (Å²) in [6, 6.07) is 3.68. The van der Waals surface area contributed by atoms with Crippen LogP contribution in [0.4, 0.5) is 0 Å². The lowest BCUT2D eigenvalue weighted by atomic mass is 10.1. The van der Waals surface area contributed by atoms with Crippen LogP contribution < -0.4 is 0 Å². The van der Waals surface area contributed by atoms with Crippen molar-refractivity contribution in [1.29, 1.82) is 0 Å². The Bertz CT molecular complexity index is 548. The summed E-state index contributed by atoms with van der Waals surface area (Å²) in [5.74, 6) is -0.432. The van der Waals surface area contributed by atoms with E-state index >= 15 is 0 Å². The Morgan fingerprint density at radius 1 is 1.65 bits per heavy atom. The van der Waals surface area contributed by atoms with Crippen molar-refractivity contribution in [2.75, 3.05) is 7.11 Å². The van der Waals surface area contributed by atoms with Crippen molar-refractivity contribution in [2.24, 2.45) is 7.05 Å². The Morgan fingerprint density at radius 3 is 3.12 bits per heavy atom. The number of aromatic nitrogens is 2. The van der Waals surface area contributed by atoms with Crippen molar-refractivity contribution in [1.82, 2.24) is 9.55 Å². The summed E-state index contributed by atoms with van der Waals surface area (Å²) in [7, 11) is 3.16. The number of esters is 1. The largest absolute Gasteiger partial charge is 0.469 e. The molecule has 0 radical (unpaired) electrons. The van der Waals surface area contributed by atoms with Crippen molar-refractivity contribution in [3.63, 3.8) is 0 Å². The third-order valence-electron chi connectivity index (χ3n) is 2.71. The number of aliphatic hydroxyl groups is 1. The smallest absolute Gasteiger partial charge is 0.308 e. The number of methoxy groups -OCH3 is 1. The molecule has 0 unspecified atom stereocenters. The van der Waals surface area contributed by atoms with Gasteiger partial charge in [-0.3, -0.25) is 4.79 Å². The van der Waals surface area contributed by atoms with E-state index in [9.17, 15) is 9.90 Å². The lowest BCUT2D eigenvalue weighted by molar-refractivity contribution is -0.142. The van der Waals surface area contributed by atoms with Crippen LogP contribution in [0.3, 0.4) is 0 Å². The molecule has 2 rings (SSSR count). The van der Waals surface area contributed by atoms with Crippen LogP contribution in [0.1, 0.15) is 18.1 Å². The second-order valence-corrected chi connectivity index (χ2v) is 3.87. The van der Waals surface area contributed by atoms with E-state index in [4.69, 9.17) is 0 Å². The summed E-state index contributed by atoms with van der Waals surface area (Å²) in [6.45, 7) is 0. The number of carbonyl (C=O) groups is 1. The van der Waals surface area contributed by atoms with Crippen molar-refractivity contribution in [2.45, 2.75) is 12.5 Å². The minimum atomic E-state index is -0.865. The van der Waals surface area contributed by atoms with Gasteiger partial charge in [0, 0.05) is 30.4 Å². The highest BCUT2D eigenvalue weighted by Gasteiger charge is 2.18. The summed E-state index contributed by atoms with van der Waals surface area (Å²) >= 11 is 0. The molecule has 90 valence electrons. The van der Waals surface area contributed by atoms with Gasteiger partial charge >= 0.3 is 5.97 Å². The fourth-order valence-corrected chi connectivity index (χ4v) is 1.86. The van der Waals surface area contributed by atoms with Crippen LogP contribution in [0.2, 0.25) is 0 Å². The third kappa shape index (κ3) is 2.14. The minimum Gasteiger partial charge on any atom is -0.469 e. The maximum absolute atomic E-state index is 11.1. The van der Waals surface area contributed by atoms with E-state index in [1.807, 2.05) is 17.7 Å². The average Bonchev–Trinajstić information content (AvgIpc) is 2.67. The third-order valence-corrected chi connectivity index (χ3v) is 2.71. The summed E-state index contributed by atoms with van der Waals surface area (Å²) in [5.41, 5.74) is 1.48. The number of hydrogen-bond donors (Lipinski definition) is 1. The molecule has 2 heterocycles. The SMILES string of the molecule is COC(=O)C[C@H](O)c1cn(C)c2ncccc12. The van der Waals surface area contributed by atoms with Gasteiger partial charge in [0.15, 0.2) is 0 Å².